The normalized spacial score (nSPS) is 23.9. The molecule has 0 spiro atoms. The van der Waals surface area contributed by atoms with Crippen molar-refractivity contribution in [2.75, 3.05) is 19.5 Å². The Morgan fingerprint density at radius 2 is 2.06 bits per heavy atom. The smallest absolute Gasteiger partial charge is 0.353 e. The van der Waals surface area contributed by atoms with Crippen LogP contribution in [-0.4, -0.2) is 46.5 Å². The molecule has 108 valence electrons. The van der Waals surface area contributed by atoms with Gasteiger partial charge in [0.1, 0.15) is 6.61 Å². The lowest BCUT2D eigenvalue weighted by molar-refractivity contribution is -0.283. The van der Waals surface area contributed by atoms with E-state index in [4.69, 9.17) is 9.47 Å². The Labute approximate surface area is 103 Å². The van der Waals surface area contributed by atoms with Crippen LogP contribution >= 0.6 is 0 Å². The highest BCUT2D eigenvalue weighted by Gasteiger charge is 2.43. The van der Waals surface area contributed by atoms with E-state index in [9.17, 15) is 21.6 Å². The summed E-state index contributed by atoms with van der Waals surface area (Å²) < 4.78 is 73.0. The molecule has 0 N–H and O–H groups in total. The molecule has 0 aromatic heterocycles. The lowest BCUT2D eigenvalue weighted by Gasteiger charge is -2.28. The molecule has 9 heteroatoms. The van der Waals surface area contributed by atoms with Crippen molar-refractivity contribution < 1.29 is 35.2 Å². The Morgan fingerprint density at radius 3 is 2.50 bits per heavy atom. The van der Waals surface area contributed by atoms with Gasteiger partial charge in [0.05, 0.1) is 6.26 Å². The first kappa shape index (κ1) is 15.7. The molecule has 0 aromatic carbocycles. The first-order valence-corrected chi connectivity index (χ1v) is 7.18. The zero-order valence-electron chi connectivity index (χ0n) is 9.77. The fourth-order valence-corrected chi connectivity index (χ4v) is 1.77. The summed E-state index contributed by atoms with van der Waals surface area (Å²) in [6.07, 6.45) is -5.46. The maximum Gasteiger partial charge on any atom is 0.417 e. The minimum Gasteiger partial charge on any atom is -0.353 e. The van der Waals surface area contributed by atoms with Crippen LogP contribution in [-0.2, 0) is 23.8 Å². The van der Waals surface area contributed by atoms with Gasteiger partial charge in [-0.1, -0.05) is 0 Å². The largest absolute Gasteiger partial charge is 0.417 e. The fraction of sp³-hybridized carbons (Fsp3) is 1.00. The Morgan fingerprint density at radius 1 is 1.39 bits per heavy atom. The van der Waals surface area contributed by atoms with Crippen molar-refractivity contribution >= 4 is 10.1 Å². The van der Waals surface area contributed by atoms with Crippen LogP contribution in [0.1, 0.15) is 19.3 Å². The standard InChI is InChI=1S/C9H15F3O5S/c1-18(13,14)16-6-7(9(10,11)12)17-8-4-2-3-5-15-8/h7-8H,2-6H2,1H3/t7-,8?/m0/s1. The second kappa shape index (κ2) is 6.18. The molecule has 0 bridgehead atoms. The van der Waals surface area contributed by atoms with Crippen LogP contribution in [0.15, 0.2) is 0 Å². The Bertz CT molecular complexity index is 348. The van der Waals surface area contributed by atoms with Gasteiger partial charge in [-0.3, -0.25) is 4.18 Å². The summed E-state index contributed by atoms with van der Waals surface area (Å²) >= 11 is 0. The van der Waals surface area contributed by atoms with Crippen LogP contribution in [0.5, 0.6) is 0 Å². The summed E-state index contributed by atoms with van der Waals surface area (Å²) in [7, 11) is -3.94. The van der Waals surface area contributed by atoms with Crippen molar-refractivity contribution in [3.63, 3.8) is 0 Å². The third-order valence-electron chi connectivity index (χ3n) is 2.25. The van der Waals surface area contributed by atoms with Gasteiger partial charge in [0, 0.05) is 6.61 Å². The van der Waals surface area contributed by atoms with Crippen LogP contribution in [0.25, 0.3) is 0 Å². The molecule has 1 heterocycles. The number of alkyl halides is 3. The molecule has 18 heavy (non-hydrogen) atoms. The molecular weight excluding hydrogens is 277 g/mol. The van der Waals surface area contributed by atoms with Crippen LogP contribution in [0.4, 0.5) is 13.2 Å². The maximum absolute atomic E-state index is 12.6. The highest BCUT2D eigenvalue weighted by atomic mass is 32.2. The van der Waals surface area contributed by atoms with Gasteiger partial charge in [-0.25, -0.2) is 0 Å². The molecule has 0 saturated carbocycles. The first-order chi connectivity index (χ1) is 8.18. The third-order valence-corrected chi connectivity index (χ3v) is 2.82. The van der Waals surface area contributed by atoms with Gasteiger partial charge in [0.25, 0.3) is 10.1 Å². The summed E-state index contributed by atoms with van der Waals surface area (Å²) in [4.78, 5) is 0. The molecule has 1 fully saturated rings. The van der Waals surface area contributed by atoms with E-state index < -0.39 is 35.3 Å². The molecule has 5 nitrogen and oxygen atoms in total. The zero-order chi connectivity index (χ0) is 13.8. The van der Waals surface area contributed by atoms with Gasteiger partial charge in [-0.2, -0.15) is 21.6 Å². The molecule has 0 aliphatic carbocycles. The molecule has 1 aliphatic heterocycles. The molecule has 1 unspecified atom stereocenters. The summed E-state index contributed by atoms with van der Waals surface area (Å²) in [5.74, 6) is 0. The molecule has 0 aromatic rings. The Kier molecular flexibility index (Phi) is 5.38. The molecule has 2 atom stereocenters. The molecule has 1 aliphatic rings. The van der Waals surface area contributed by atoms with E-state index in [0.29, 0.717) is 25.7 Å². The van der Waals surface area contributed by atoms with Crippen molar-refractivity contribution in [2.45, 2.75) is 37.8 Å². The van der Waals surface area contributed by atoms with Crippen molar-refractivity contribution in [1.82, 2.24) is 0 Å². The molecule has 0 amide bonds. The van der Waals surface area contributed by atoms with Crippen LogP contribution < -0.4 is 0 Å². The maximum atomic E-state index is 12.6. The predicted molar refractivity (Wildman–Crippen MR) is 55.3 cm³/mol. The van der Waals surface area contributed by atoms with E-state index in [2.05, 4.69) is 4.18 Å². The van der Waals surface area contributed by atoms with E-state index in [1.54, 1.807) is 0 Å². The minimum absolute atomic E-state index is 0.335. The van der Waals surface area contributed by atoms with E-state index in [0.717, 1.165) is 6.42 Å². The predicted octanol–water partition coefficient (Wildman–Crippen LogP) is 1.44. The van der Waals surface area contributed by atoms with Crippen LogP contribution in [0, 0.1) is 0 Å². The van der Waals surface area contributed by atoms with Gasteiger partial charge in [-0.15, -0.1) is 0 Å². The van der Waals surface area contributed by atoms with Crippen molar-refractivity contribution in [3.8, 4) is 0 Å². The zero-order valence-corrected chi connectivity index (χ0v) is 10.6. The topological polar surface area (TPSA) is 61.8 Å². The van der Waals surface area contributed by atoms with E-state index in [1.807, 2.05) is 0 Å². The SMILES string of the molecule is CS(=O)(=O)OC[C@H](OC1CCCCO1)C(F)(F)F. The highest BCUT2D eigenvalue weighted by molar-refractivity contribution is 7.85. The number of halogens is 3. The van der Waals surface area contributed by atoms with Crippen molar-refractivity contribution in [3.05, 3.63) is 0 Å². The minimum atomic E-state index is -4.70. The third kappa shape index (κ3) is 5.98. The average Bonchev–Trinajstić information content (AvgIpc) is 2.22. The fourth-order valence-electron chi connectivity index (χ4n) is 1.40. The van der Waals surface area contributed by atoms with Crippen LogP contribution in [0.3, 0.4) is 0 Å². The average molecular weight is 292 g/mol. The number of hydrogen-bond acceptors (Lipinski definition) is 5. The van der Waals surface area contributed by atoms with Crippen LogP contribution in [0.2, 0.25) is 0 Å². The van der Waals surface area contributed by atoms with E-state index in [1.165, 1.54) is 0 Å². The van der Waals surface area contributed by atoms with Gasteiger partial charge in [0.15, 0.2) is 12.4 Å². The highest BCUT2D eigenvalue weighted by Crippen LogP contribution is 2.27. The lowest BCUT2D eigenvalue weighted by atomic mass is 10.2. The summed E-state index contributed by atoms with van der Waals surface area (Å²) in [5.41, 5.74) is 0. The first-order valence-electron chi connectivity index (χ1n) is 5.36. The number of hydrogen-bond donors (Lipinski definition) is 0. The summed E-state index contributed by atoms with van der Waals surface area (Å²) in [6.45, 7) is -0.760. The second-order valence-electron chi connectivity index (χ2n) is 3.95. The Hall–Kier alpha value is -0.380. The van der Waals surface area contributed by atoms with Gasteiger partial charge < -0.3 is 9.47 Å². The van der Waals surface area contributed by atoms with Crippen molar-refractivity contribution in [1.29, 1.82) is 0 Å². The van der Waals surface area contributed by atoms with Crippen molar-refractivity contribution in [2.24, 2.45) is 0 Å². The molecule has 1 saturated heterocycles. The molecule has 1 rings (SSSR count). The Balaban J connectivity index is 2.55. The molecule has 0 radical (unpaired) electrons. The van der Waals surface area contributed by atoms with E-state index in [-0.39, 0.29) is 0 Å². The summed E-state index contributed by atoms with van der Waals surface area (Å²) in [5, 5.41) is 0. The monoisotopic (exact) mass is 292 g/mol. The van der Waals surface area contributed by atoms with Gasteiger partial charge >= 0.3 is 6.18 Å². The van der Waals surface area contributed by atoms with Gasteiger partial charge in [0.2, 0.25) is 0 Å². The second-order valence-corrected chi connectivity index (χ2v) is 5.60. The molecular formula is C9H15F3O5S. The van der Waals surface area contributed by atoms with E-state index >= 15 is 0 Å². The van der Waals surface area contributed by atoms with Gasteiger partial charge in [-0.05, 0) is 19.3 Å². The number of ether oxygens (including phenoxy) is 2. The quantitative estimate of drug-likeness (QED) is 0.717. The number of rotatable bonds is 5. The summed E-state index contributed by atoms with van der Waals surface area (Å²) in [6, 6.07) is 0. The lowest BCUT2D eigenvalue weighted by Crippen LogP contribution is -2.41.